The van der Waals surface area contributed by atoms with Crippen molar-refractivity contribution in [3.8, 4) is 6.07 Å². The Morgan fingerprint density at radius 1 is 1.21 bits per heavy atom. The van der Waals surface area contributed by atoms with Crippen LogP contribution in [0.25, 0.3) is 0 Å². The molecule has 0 atom stereocenters. The molecule has 1 aliphatic heterocycles. The van der Waals surface area contributed by atoms with E-state index in [-0.39, 0.29) is 5.91 Å². The van der Waals surface area contributed by atoms with Gasteiger partial charge in [-0.05, 0) is 45.2 Å². The van der Waals surface area contributed by atoms with Crippen molar-refractivity contribution < 1.29 is 9.59 Å². The zero-order valence-electron chi connectivity index (χ0n) is 19.9. The average Bonchev–Trinajstić information content (AvgIpc) is 3.16. The first-order valence-corrected chi connectivity index (χ1v) is 11.3. The van der Waals surface area contributed by atoms with Crippen molar-refractivity contribution in [2.24, 2.45) is 0 Å². The third kappa shape index (κ3) is 5.25. The molecule has 1 fully saturated rings. The number of nitrogens with zero attached hydrogens (tertiary/aromatic N) is 6. The largest absolute Gasteiger partial charge is 0.357 e. The number of nitriles is 1. The Morgan fingerprint density at radius 3 is 2.52 bits per heavy atom. The molecule has 0 spiro atoms. The smallest absolute Gasteiger partial charge is 0.272 e. The maximum atomic E-state index is 13.8. The predicted molar refractivity (Wildman–Crippen MR) is 129 cm³/mol. The Labute approximate surface area is 195 Å². The number of carbonyl (C=O) groups excluding carboxylic acids is 2. The number of allylic oxidation sites excluding steroid dienone is 2. The highest BCUT2D eigenvalue weighted by Gasteiger charge is 2.33. The fourth-order valence-corrected chi connectivity index (χ4v) is 4.18. The van der Waals surface area contributed by atoms with Crippen LogP contribution in [0.1, 0.15) is 54.9 Å². The first kappa shape index (κ1) is 24.1. The van der Waals surface area contributed by atoms with Crippen LogP contribution >= 0.6 is 0 Å². The highest BCUT2D eigenvalue weighted by atomic mass is 16.2. The average molecular weight is 449 g/mol. The Kier molecular flexibility index (Phi) is 7.88. The van der Waals surface area contributed by atoms with Gasteiger partial charge >= 0.3 is 0 Å². The van der Waals surface area contributed by atoms with Gasteiger partial charge < -0.3 is 19.3 Å². The summed E-state index contributed by atoms with van der Waals surface area (Å²) in [6, 6.07) is 7.88. The summed E-state index contributed by atoms with van der Waals surface area (Å²) in [4.78, 5) is 35.1. The van der Waals surface area contributed by atoms with Crippen molar-refractivity contribution in [3.05, 3.63) is 53.0 Å². The lowest BCUT2D eigenvalue weighted by Gasteiger charge is -2.30. The van der Waals surface area contributed by atoms with Gasteiger partial charge in [0.2, 0.25) is 6.41 Å². The molecule has 0 aromatic carbocycles. The first-order chi connectivity index (χ1) is 15.9. The second kappa shape index (κ2) is 10.8. The maximum Gasteiger partial charge on any atom is 0.272 e. The second-order valence-electron chi connectivity index (χ2n) is 8.65. The Hall–Kier alpha value is -3.60. The van der Waals surface area contributed by atoms with E-state index in [1.807, 2.05) is 42.7 Å². The fraction of sp³-hybridized carbons (Fsp3) is 0.440. The summed E-state index contributed by atoms with van der Waals surface area (Å²) in [6.45, 7) is 6.39. The lowest BCUT2D eigenvalue weighted by molar-refractivity contribution is -0.107. The van der Waals surface area contributed by atoms with Gasteiger partial charge in [0.25, 0.3) is 5.91 Å². The topological polar surface area (TPSA) is 85.5 Å². The lowest BCUT2D eigenvalue weighted by Crippen LogP contribution is -2.33. The van der Waals surface area contributed by atoms with Crippen LogP contribution in [0.2, 0.25) is 0 Å². The summed E-state index contributed by atoms with van der Waals surface area (Å²) >= 11 is 0. The molecule has 33 heavy (non-hydrogen) atoms. The molecule has 1 saturated heterocycles. The summed E-state index contributed by atoms with van der Waals surface area (Å²) in [5, 5.41) is 10.2. The lowest BCUT2D eigenvalue weighted by atomic mass is 10.1. The fourth-order valence-electron chi connectivity index (χ4n) is 4.18. The summed E-state index contributed by atoms with van der Waals surface area (Å²) in [5.41, 5.74) is 2.93. The molecule has 1 aliphatic rings. The van der Waals surface area contributed by atoms with Gasteiger partial charge in [-0.2, -0.15) is 5.26 Å². The minimum Gasteiger partial charge on any atom is -0.357 e. The number of rotatable bonds is 8. The number of aromatic nitrogens is 2. The molecule has 0 unspecified atom stereocenters. The van der Waals surface area contributed by atoms with Gasteiger partial charge in [-0.3, -0.25) is 14.6 Å². The Balaban J connectivity index is 2.19. The molecular weight excluding hydrogens is 416 g/mol. The molecule has 0 radical (unpaired) electrons. The molecule has 2 aromatic heterocycles. The van der Waals surface area contributed by atoms with E-state index in [2.05, 4.69) is 16.0 Å². The van der Waals surface area contributed by atoms with Crippen molar-refractivity contribution >= 4 is 23.8 Å². The Morgan fingerprint density at radius 2 is 1.94 bits per heavy atom. The van der Waals surface area contributed by atoms with E-state index in [4.69, 9.17) is 0 Å². The number of hydrogen-bond donors (Lipinski definition) is 0. The number of anilines is 2. The molecule has 0 saturated carbocycles. The molecule has 8 heteroatoms. The number of piperidine rings is 1. The van der Waals surface area contributed by atoms with Gasteiger partial charge in [-0.25, -0.2) is 0 Å². The third-order valence-electron chi connectivity index (χ3n) is 5.85. The zero-order valence-corrected chi connectivity index (χ0v) is 19.9. The normalized spacial score (nSPS) is 13.2. The number of pyridine rings is 1. The maximum absolute atomic E-state index is 13.8. The van der Waals surface area contributed by atoms with E-state index in [1.165, 1.54) is 4.90 Å². The standard InChI is InChI=1S/C25H32N6O2/c1-19(2)11-15-31-23(25(33)28(3)17-20-10-6-7-12-27-20)22(29(4)18-32)21(16-26)24(31)30-13-8-5-9-14-30/h6-7,10-12,18H,5,8-9,13-15,17H2,1-4H3. The minimum atomic E-state index is -0.258. The molecule has 3 rings (SSSR count). The van der Waals surface area contributed by atoms with E-state index >= 15 is 0 Å². The summed E-state index contributed by atoms with van der Waals surface area (Å²) in [7, 11) is 3.30. The molecule has 2 aromatic rings. The van der Waals surface area contributed by atoms with E-state index in [9.17, 15) is 14.9 Å². The Bertz CT molecular complexity index is 1060. The number of carbonyl (C=O) groups is 2. The molecule has 174 valence electrons. The molecule has 0 N–H and O–H groups in total. The number of hydrogen-bond acceptors (Lipinski definition) is 5. The van der Waals surface area contributed by atoms with Gasteiger partial charge in [0, 0.05) is 39.9 Å². The van der Waals surface area contributed by atoms with Crippen LogP contribution in [0.5, 0.6) is 0 Å². The van der Waals surface area contributed by atoms with E-state index in [0.29, 0.717) is 42.3 Å². The van der Waals surface area contributed by atoms with Crippen LogP contribution in [0.4, 0.5) is 11.5 Å². The molecule has 0 aliphatic carbocycles. The van der Waals surface area contributed by atoms with Gasteiger partial charge in [-0.15, -0.1) is 0 Å². The molecule has 2 amide bonds. The molecule has 8 nitrogen and oxygen atoms in total. The van der Waals surface area contributed by atoms with Crippen molar-refractivity contribution in [3.63, 3.8) is 0 Å². The first-order valence-electron chi connectivity index (χ1n) is 11.3. The summed E-state index contributed by atoms with van der Waals surface area (Å²) < 4.78 is 1.91. The van der Waals surface area contributed by atoms with Gasteiger partial charge in [0.05, 0.1) is 17.9 Å². The van der Waals surface area contributed by atoms with Crippen LogP contribution in [0.15, 0.2) is 36.0 Å². The van der Waals surface area contributed by atoms with Gasteiger partial charge in [0.1, 0.15) is 23.1 Å². The van der Waals surface area contributed by atoms with Crippen LogP contribution < -0.4 is 9.80 Å². The van der Waals surface area contributed by atoms with Crippen molar-refractivity contribution in [2.45, 2.75) is 46.2 Å². The van der Waals surface area contributed by atoms with Crippen LogP contribution in [0.3, 0.4) is 0 Å². The summed E-state index contributed by atoms with van der Waals surface area (Å²) in [6.07, 6.45) is 7.58. The SMILES string of the molecule is CC(C)=CCn1c(C(=O)N(C)Cc2ccccn2)c(N(C)C=O)c(C#N)c1N1CCCCC1. The van der Waals surface area contributed by atoms with Crippen LogP contribution in [-0.4, -0.2) is 54.0 Å². The van der Waals surface area contributed by atoms with Crippen molar-refractivity contribution in [1.29, 1.82) is 5.26 Å². The van der Waals surface area contributed by atoms with Gasteiger partial charge in [-0.1, -0.05) is 17.7 Å². The highest BCUT2D eigenvalue weighted by molar-refractivity contribution is 6.04. The zero-order chi connectivity index (χ0) is 24.0. The van der Waals surface area contributed by atoms with Crippen LogP contribution in [-0.2, 0) is 17.9 Å². The second-order valence-corrected chi connectivity index (χ2v) is 8.65. The molecular formula is C25H32N6O2. The quantitative estimate of drug-likeness (QED) is 0.455. The van der Waals surface area contributed by atoms with Gasteiger partial charge in [0.15, 0.2) is 0 Å². The highest BCUT2D eigenvalue weighted by Crippen LogP contribution is 2.38. The minimum absolute atomic E-state index is 0.258. The molecule has 0 bridgehead atoms. The van der Waals surface area contributed by atoms with Crippen LogP contribution in [0, 0.1) is 11.3 Å². The summed E-state index contributed by atoms with van der Waals surface area (Å²) in [5.74, 6) is 0.458. The third-order valence-corrected chi connectivity index (χ3v) is 5.85. The predicted octanol–water partition coefficient (Wildman–Crippen LogP) is 3.58. The van der Waals surface area contributed by atoms with Crippen molar-refractivity contribution in [2.75, 3.05) is 37.0 Å². The van der Waals surface area contributed by atoms with Crippen molar-refractivity contribution in [1.82, 2.24) is 14.5 Å². The van der Waals surface area contributed by atoms with E-state index in [0.717, 1.165) is 43.6 Å². The van der Waals surface area contributed by atoms with E-state index < -0.39 is 0 Å². The number of amides is 2. The van der Waals surface area contributed by atoms with E-state index in [1.54, 1.807) is 25.2 Å². The molecule has 3 heterocycles. The monoisotopic (exact) mass is 448 g/mol.